The van der Waals surface area contributed by atoms with Crippen LogP contribution >= 0.6 is 0 Å². The number of amides is 3. The summed E-state index contributed by atoms with van der Waals surface area (Å²) in [7, 11) is 0. The van der Waals surface area contributed by atoms with Crippen LogP contribution in [0.25, 0.3) is 33.4 Å². The van der Waals surface area contributed by atoms with Gasteiger partial charge in [0.2, 0.25) is 0 Å². The number of carboxylic acid groups (broad SMARTS) is 3. The number of benzene rings is 9. The number of carboxylic acids is 3. The second kappa shape index (κ2) is 40.2. The first kappa shape index (κ1) is 75.4. The standard InChI is InChI=1S/3C31H35NO4/c1-22-9-8-11-28(23(22)2)24-14-16-25(17-15-24)31(35)32(27-18-19-27)21-26-10-5-6-12-29(26)36-20-7-3-4-13-30(33)34;1-22-11-12-23(2)28(20-22)24-13-15-25(16-14-24)31(35)32(27-17-18-27)21-26-8-5-6-9-29(26)36-19-7-3-4-10-30(33)34;1-2-23-11-13-24(14-12-23)25-15-17-26(18-16-25)31(35)32(28-19-20-28)22-27-8-5-6-9-29(27)36-21-7-3-4-10-30(33)34/h5-6,8-12,14-17,27H,3-4,7,13,18-21H2,1-2H3,(H,33,34);5-6,8-9,11-16,20,27H,3-4,7,10,17-19,21H2,1-2H3,(H,33,34);5-6,8-9,11-18,28H,2-4,7,10,19-22H2,1H3,(H,33,34)/i2*21D;22D. The number of aliphatic carboxylic acids is 3. The number of hydrogen-bond donors (Lipinski definition) is 3. The van der Waals surface area contributed by atoms with Gasteiger partial charge in [0.25, 0.3) is 17.7 Å². The van der Waals surface area contributed by atoms with Gasteiger partial charge in [0.15, 0.2) is 0 Å². The molecule has 15 heteroatoms. The number of aryl methyl sites for hydroxylation is 4. The molecular weight excluding hydrogens is 1350 g/mol. The summed E-state index contributed by atoms with van der Waals surface area (Å²) in [5.74, 6) is -0.968. The van der Waals surface area contributed by atoms with E-state index >= 15 is 0 Å². The maximum absolute atomic E-state index is 13.6. The molecular formula is C93H105N3O12. The molecule has 0 aromatic heterocycles. The van der Waals surface area contributed by atoms with Crippen LogP contribution < -0.4 is 14.2 Å². The zero-order valence-corrected chi connectivity index (χ0v) is 63.0. The molecule has 3 saturated carbocycles. The molecule has 3 amide bonds. The molecule has 15 nitrogen and oxygen atoms in total. The molecule has 3 N–H and O–H groups in total. The maximum atomic E-state index is 13.6. The number of unbranched alkanes of at least 4 members (excludes halogenated alkanes) is 6. The van der Waals surface area contributed by atoms with Crippen LogP contribution in [0.1, 0.15) is 202 Å². The number of carbonyl (C=O) groups excluding carboxylic acids is 3. The molecule has 0 radical (unpaired) electrons. The zero-order chi connectivity index (χ0) is 78.9. The van der Waals surface area contributed by atoms with Crippen LogP contribution in [0.2, 0.25) is 0 Å². The lowest BCUT2D eigenvalue weighted by Gasteiger charge is -2.24. The number of para-hydroxylation sites is 3. The van der Waals surface area contributed by atoms with E-state index in [-0.39, 0.29) is 55.1 Å². The van der Waals surface area contributed by atoms with Gasteiger partial charge in [-0.15, -0.1) is 0 Å². The number of hydrogen-bond acceptors (Lipinski definition) is 9. The van der Waals surface area contributed by atoms with Gasteiger partial charge in [-0.05, 0) is 241 Å². The Kier molecular flexibility index (Phi) is 28.1. The first-order valence-electron chi connectivity index (χ1n) is 40.0. The van der Waals surface area contributed by atoms with Crippen LogP contribution in [-0.2, 0) is 40.4 Å². The Morgan fingerprint density at radius 3 is 1.06 bits per heavy atom. The van der Waals surface area contributed by atoms with Gasteiger partial charge in [-0.25, -0.2) is 0 Å². The molecule has 0 bridgehead atoms. The minimum Gasteiger partial charge on any atom is -0.493 e. The van der Waals surface area contributed by atoms with Gasteiger partial charge in [0.1, 0.15) is 17.2 Å². The molecule has 3 aliphatic rings. The third kappa shape index (κ3) is 24.1. The Hall–Kier alpha value is -10.8. The van der Waals surface area contributed by atoms with Crippen LogP contribution in [0.15, 0.2) is 206 Å². The second-order valence-corrected chi connectivity index (χ2v) is 28.3. The van der Waals surface area contributed by atoms with E-state index in [9.17, 15) is 28.8 Å². The quantitative estimate of drug-likeness (QED) is 0.0312. The van der Waals surface area contributed by atoms with E-state index in [0.717, 1.165) is 117 Å². The lowest BCUT2D eigenvalue weighted by molar-refractivity contribution is -0.138. The topological polar surface area (TPSA) is 201 Å². The highest BCUT2D eigenvalue weighted by Gasteiger charge is 2.36. The van der Waals surface area contributed by atoms with Crippen LogP contribution in [0, 0.1) is 27.7 Å². The van der Waals surface area contributed by atoms with Crippen molar-refractivity contribution in [1.29, 1.82) is 0 Å². The van der Waals surface area contributed by atoms with Crippen molar-refractivity contribution in [2.75, 3.05) is 19.8 Å². The Labute approximate surface area is 641 Å². The predicted molar refractivity (Wildman–Crippen MR) is 427 cm³/mol. The average Bonchev–Trinajstić information content (AvgIpc) is 1.71. The van der Waals surface area contributed by atoms with Gasteiger partial charge in [-0.1, -0.05) is 164 Å². The van der Waals surface area contributed by atoms with Gasteiger partial charge >= 0.3 is 17.9 Å². The molecule has 12 rings (SSSR count). The van der Waals surface area contributed by atoms with E-state index in [1.54, 1.807) is 14.7 Å². The fraction of sp³-hybridized carbons (Fsp3) is 0.355. The minimum absolute atomic E-state index is 0.0535. The predicted octanol–water partition coefficient (Wildman–Crippen LogP) is 20.3. The average molecular weight is 1460 g/mol. The molecule has 564 valence electrons. The van der Waals surface area contributed by atoms with Gasteiger partial charge in [-0.2, -0.15) is 0 Å². The van der Waals surface area contributed by atoms with Crippen LogP contribution in [-0.4, -0.2) is 104 Å². The molecule has 0 saturated heterocycles. The summed E-state index contributed by atoms with van der Waals surface area (Å²) in [5.41, 5.74) is 16.5. The largest absolute Gasteiger partial charge is 0.493 e. The second-order valence-electron chi connectivity index (χ2n) is 28.3. The molecule has 108 heavy (non-hydrogen) atoms. The summed E-state index contributed by atoms with van der Waals surface area (Å²) in [6.45, 7) is 9.22. The fourth-order valence-electron chi connectivity index (χ4n) is 12.7. The number of nitrogens with zero attached hydrogens (tertiary/aromatic N) is 3. The lowest BCUT2D eigenvalue weighted by atomic mass is 9.96. The lowest BCUT2D eigenvalue weighted by Crippen LogP contribution is -2.32. The van der Waals surface area contributed by atoms with E-state index < -0.39 is 37.5 Å². The molecule has 3 fully saturated rings. The third-order valence-corrected chi connectivity index (χ3v) is 19.7. The summed E-state index contributed by atoms with van der Waals surface area (Å²) in [6.07, 6.45) is 13.2. The maximum Gasteiger partial charge on any atom is 0.303 e. The van der Waals surface area contributed by atoms with Crippen molar-refractivity contribution < 1.29 is 62.4 Å². The first-order chi connectivity index (χ1) is 53.7. The van der Waals surface area contributed by atoms with E-state index in [2.05, 4.69) is 89.2 Å². The normalized spacial score (nSPS) is 14.1. The highest BCUT2D eigenvalue weighted by molar-refractivity contribution is 5.97. The molecule has 3 aliphatic carbocycles. The number of rotatable bonds is 37. The van der Waals surface area contributed by atoms with E-state index in [0.29, 0.717) is 89.7 Å². The Morgan fingerprint density at radius 1 is 0.370 bits per heavy atom. The summed E-state index contributed by atoms with van der Waals surface area (Å²) in [5, 5.41) is 26.3. The van der Waals surface area contributed by atoms with Crippen LogP contribution in [0.4, 0.5) is 0 Å². The molecule has 9 aromatic carbocycles. The van der Waals surface area contributed by atoms with E-state index in [1.807, 2.05) is 152 Å². The zero-order valence-electron chi connectivity index (χ0n) is 66.0. The Balaban J connectivity index is 0.000000177. The van der Waals surface area contributed by atoms with Crippen molar-refractivity contribution >= 4 is 35.6 Å². The smallest absolute Gasteiger partial charge is 0.303 e. The highest BCUT2D eigenvalue weighted by Crippen LogP contribution is 2.37. The summed E-state index contributed by atoms with van der Waals surface area (Å²) >= 11 is 0. The van der Waals surface area contributed by atoms with Gasteiger partial charge in [0.05, 0.1) is 23.9 Å². The first-order valence-corrected chi connectivity index (χ1v) is 38.3. The van der Waals surface area contributed by atoms with Gasteiger partial charge < -0.3 is 44.2 Å². The van der Waals surface area contributed by atoms with E-state index in [1.165, 1.54) is 27.8 Å². The fourth-order valence-corrected chi connectivity index (χ4v) is 12.7. The Bertz CT molecular complexity index is 4430. The minimum atomic E-state index is -0.873. The summed E-state index contributed by atoms with van der Waals surface area (Å²) in [6, 6.07) is 66.5. The van der Waals surface area contributed by atoms with Gasteiger partial charge in [0, 0.05) is 90.3 Å². The highest BCUT2D eigenvalue weighted by atomic mass is 16.5. The van der Waals surface area contributed by atoms with Gasteiger partial charge in [-0.3, -0.25) is 28.8 Å². The number of carbonyl (C=O) groups is 6. The molecule has 0 aliphatic heterocycles. The SMILES string of the molecule is [2H]C(c1ccccc1OCCCCCC(=O)O)N(C(=O)c1ccc(-c2cc(C)ccc2C)cc1)C1CC1.[2H]C(c1ccccc1OCCCCCC(=O)O)N(C(=O)c1ccc(-c2ccc(CC)cc2)cc1)C1CC1.[2H]C(c1ccccc1OCCCCCC(=O)O)N(C(=O)c1ccc(-c2cccc(C)c2C)cc1)C1CC1. The summed E-state index contributed by atoms with van der Waals surface area (Å²) < 4.78 is 45.1. The van der Waals surface area contributed by atoms with Crippen molar-refractivity contribution in [3.63, 3.8) is 0 Å². The summed E-state index contributed by atoms with van der Waals surface area (Å²) in [4.78, 5) is 77.9. The van der Waals surface area contributed by atoms with Crippen molar-refractivity contribution in [2.24, 2.45) is 0 Å². The van der Waals surface area contributed by atoms with Crippen molar-refractivity contribution in [3.05, 3.63) is 267 Å². The Morgan fingerprint density at radius 2 is 0.713 bits per heavy atom. The van der Waals surface area contributed by atoms with E-state index in [4.69, 9.17) is 33.6 Å². The van der Waals surface area contributed by atoms with Crippen LogP contribution in [0.3, 0.4) is 0 Å². The number of ether oxygens (including phenoxy) is 3. The van der Waals surface area contributed by atoms with Crippen LogP contribution in [0.5, 0.6) is 17.2 Å². The molecule has 0 heterocycles. The monoisotopic (exact) mass is 1460 g/mol. The van der Waals surface area contributed by atoms with Crippen molar-refractivity contribution in [2.45, 2.75) is 194 Å². The molecule has 9 aromatic rings. The third-order valence-electron chi connectivity index (χ3n) is 19.7. The van der Waals surface area contributed by atoms with Crippen molar-refractivity contribution in [1.82, 2.24) is 14.7 Å². The van der Waals surface area contributed by atoms with Crippen molar-refractivity contribution in [3.8, 4) is 50.6 Å². The molecule has 3 atom stereocenters. The molecule has 0 spiro atoms. The molecule has 3 unspecified atom stereocenters.